The first-order chi connectivity index (χ1) is 11.5. The molecule has 0 saturated heterocycles. The van der Waals surface area contributed by atoms with E-state index in [9.17, 15) is 0 Å². The molecule has 24 heavy (non-hydrogen) atoms. The topological polar surface area (TPSA) is 60.6 Å². The monoisotopic (exact) mass is 324 g/mol. The average Bonchev–Trinajstić information content (AvgIpc) is 3.18. The largest absolute Gasteiger partial charge is 0.308 e. The van der Waals surface area contributed by atoms with Gasteiger partial charge in [-0.1, -0.05) is 0 Å². The van der Waals surface area contributed by atoms with Gasteiger partial charge in [0.25, 0.3) is 0 Å². The van der Waals surface area contributed by atoms with Crippen molar-refractivity contribution in [3.8, 4) is 11.3 Å². The van der Waals surface area contributed by atoms with Gasteiger partial charge in [-0.05, 0) is 38.5 Å². The third-order valence-corrected chi connectivity index (χ3v) is 4.34. The first-order valence-electron chi connectivity index (χ1n) is 8.21. The number of pyridine rings is 1. The van der Waals surface area contributed by atoms with E-state index in [1.54, 1.807) is 12.4 Å². The van der Waals surface area contributed by atoms with Crippen LogP contribution in [0.1, 0.15) is 31.0 Å². The summed E-state index contributed by atoms with van der Waals surface area (Å²) in [6.45, 7) is 7.18. The van der Waals surface area contributed by atoms with Gasteiger partial charge in [0.1, 0.15) is 0 Å². The van der Waals surface area contributed by atoms with E-state index in [0.29, 0.717) is 0 Å². The molecule has 0 fully saturated rings. The molecule has 6 nitrogen and oxygen atoms in total. The Bertz CT molecular complexity index is 789. The van der Waals surface area contributed by atoms with Gasteiger partial charge in [-0.25, -0.2) is 0 Å². The molecule has 0 unspecified atom stereocenters. The van der Waals surface area contributed by atoms with Gasteiger partial charge in [0.05, 0.1) is 17.9 Å². The Labute approximate surface area is 142 Å². The Morgan fingerprint density at radius 1 is 1.17 bits per heavy atom. The van der Waals surface area contributed by atoms with Crippen LogP contribution in [0.15, 0.2) is 43.1 Å². The van der Waals surface area contributed by atoms with Crippen LogP contribution in [0.5, 0.6) is 0 Å². The predicted molar refractivity (Wildman–Crippen MR) is 94.4 cm³/mol. The number of hydrogen-bond donors (Lipinski definition) is 1. The van der Waals surface area contributed by atoms with Crippen molar-refractivity contribution in [2.45, 2.75) is 39.4 Å². The Morgan fingerprint density at radius 3 is 2.58 bits per heavy atom. The van der Waals surface area contributed by atoms with Crippen LogP contribution in [0, 0.1) is 6.92 Å². The first kappa shape index (κ1) is 16.4. The average molecular weight is 324 g/mol. The van der Waals surface area contributed by atoms with Gasteiger partial charge >= 0.3 is 0 Å². The molecule has 6 heteroatoms. The smallest absolute Gasteiger partial charge is 0.0969 e. The number of aromatic nitrogens is 5. The number of rotatable bonds is 6. The summed E-state index contributed by atoms with van der Waals surface area (Å²) in [4.78, 5) is 4.08. The molecular formula is C18H24N6. The summed E-state index contributed by atoms with van der Waals surface area (Å²) in [7, 11) is 1.95. The first-order valence-corrected chi connectivity index (χ1v) is 8.21. The number of nitrogens with zero attached hydrogens (tertiary/aromatic N) is 5. The number of aryl methyl sites for hydroxylation is 2. The van der Waals surface area contributed by atoms with Crippen LogP contribution < -0.4 is 5.32 Å². The van der Waals surface area contributed by atoms with Gasteiger partial charge in [0.2, 0.25) is 0 Å². The van der Waals surface area contributed by atoms with E-state index in [1.165, 1.54) is 11.1 Å². The Morgan fingerprint density at radius 2 is 1.92 bits per heavy atom. The molecule has 3 heterocycles. The maximum atomic E-state index is 4.60. The van der Waals surface area contributed by atoms with Crippen molar-refractivity contribution in [2.75, 3.05) is 0 Å². The van der Waals surface area contributed by atoms with Crippen molar-refractivity contribution in [3.63, 3.8) is 0 Å². The molecule has 0 bridgehead atoms. The van der Waals surface area contributed by atoms with E-state index in [0.717, 1.165) is 17.8 Å². The fourth-order valence-corrected chi connectivity index (χ4v) is 2.75. The minimum atomic E-state index is 0.278. The van der Waals surface area contributed by atoms with Crippen molar-refractivity contribution >= 4 is 0 Å². The summed E-state index contributed by atoms with van der Waals surface area (Å²) in [5.74, 6) is 0. The van der Waals surface area contributed by atoms with Gasteiger partial charge in [-0.3, -0.25) is 14.3 Å². The third-order valence-electron chi connectivity index (χ3n) is 4.34. The van der Waals surface area contributed by atoms with Crippen molar-refractivity contribution in [2.24, 2.45) is 7.05 Å². The van der Waals surface area contributed by atoms with E-state index in [2.05, 4.69) is 53.7 Å². The van der Waals surface area contributed by atoms with Crippen LogP contribution >= 0.6 is 0 Å². The number of hydrogen-bond acceptors (Lipinski definition) is 4. The highest BCUT2D eigenvalue weighted by Gasteiger charge is 2.16. The Balaban J connectivity index is 1.71. The predicted octanol–water partition coefficient (Wildman–Crippen LogP) is 2.73. The highest BCUT2D eigenvalue weighted by Crippen LogP contribution is 2.21. The molecule has 126 valence electrons. The van der Waals surface area contributed by atoms with Crippen molar-refractivity contribution in [1.82, 2.24) is 29.9 Å². The molecule has 2 atom stereocenters. The minimum Gasteiger partial charge on any atom is -0.308 e. The summed E-state index contributed by atoms with van der Waals surface area (Å²) < 4.78 is 3.87. The summed E-state index contributed by atoms with van der Waals surface area (Å²) >= 11 is 0. The highest BCUT2D eigenvalue weighted by atomic mass is 15.3. The second-order valence-corrected chi connectivity index (χ2v) is 6.32. The van der Waals surface area contributed by atoms with E-state index < -0.39 is 0 Å². The fraction of sp³-hybridized carbons (Fsp3) is 0.389. The van der Waals surface area contributed by atoms with Crippen LogP contribution in [-0.2, 0) is 13.6 Å². The van der Waals surface area contributed by atoms with E-state index in [4.69, 9.17) is 0 Å². The lowest BCUT2D eigenvalue weighted by Crippen LogP contribution is -2.33. The minimum absolute atomic E-state index is 0.278. The Kier molecular flexibility index (Phi) is 4.76. The van der Waals surface area contributed by atoms with Crippen molar-refractivity contribution < 1.29 is 0 Å². The van der Waals surface area contributed by atoms with Gasteiger partial charge in [0.15, 0.2) is 0 Å². The van der Waals surface area contributed by atoms with E-state index in [1.807, 2.05) is 34.7 Å². The summed E-state index contributed by atoms with van der Waals surface area (Å²) in [5, 5.41) is 12.6. The molecule has 0 spiro atoms. The molecule has 3 aromatic rings. The molecule has 0 saturated carbocycles. The summed E-state index contributed by atoms with van der Waals surface area (Å²) in [6.07, 6.45) is 9.64. The lowest BCUT2D eigenvalue weighted by atomic mass is 10.1. The molecule has 1 N–H and O–H groups in total. The zero-order valence-corrected chi connectivity index (χ0v) is 14.6. The van der Waals surface area contributed by atoms with Crippen LogP contribution in [0.25, 0.3) is 11.3 Å². The second kappa shape index (κ2) is 6.97. The summed E-state index contributed by atoms with van der Waals surface area (Å²) in [5.41, 5.74) is 4.45. The molecule has 0 radical (unpaired) electrons. The van der Waals surface area contributed by atoms with Crippen LogP contribution in [0.2, 0.25) is 0 Å². The zero-order valence-electron chi connectivity index (χ0n) is 14.6. The van der Waals surface area contributed by atoms with Crippen LogP contribution in [-0.4, -0.2) is 30.6 Å². The normalized spacial score (nSPS) is 13.8. The SMILES string of the molecule is Cc1cnn([C@@H](C)[C@@H](C)NCc2cn(C)nc2-c2ccncc2)c1. The van der Waals surface area contributed by atoms with Crippen LogP contribution in [0.3, 0.4) is 0 Å². The standard InChI is InChI=1S/C18H24N6/c1-13-9-21-24(11-13)15(3)14(2)20-10-17-12-23(4)22-18(17)16-5-7-19-8-6-16/h5-9,11-12,14-15,20H,10H2,1-4H3/t14-,15+/m1/s1. The highest BCUT2D eigenvalue weighted by molar-refractivity contribution is 5.61. The van der Waals surface area contributed by atoms with Gasteiger partial charge in [-0.15, -0.1) is 0 Å². The van der Waals surface area contributed by atoms with E-state index >= 15 is 0 Å². The maximum Gasteiger partial charge on any atom is 0.0969 e. The lowest BCUT2D eigenvalue weighted by molar-refractivity contribution is 0.365. The third kappa shape index (κ3) is 3.54. The molecule has 0 aliphatic heterocycles. The molecule has 0 aliphatic carbocycles. The maximum absolute atomic E-state index is 4.60. The molecule has 0 aromatic carbocycles. The zero-order chi connectivity index (χ0) is 17.1. The van der Waals surface area contributed by atoms with Gasteiger partial charge in [-0.2, -0.15) is 10.2 Å². The van der Waals surface area contributed by atoms with Gasteiger partial charge < -0.3 is 5.32 Å². The van der Waals surface area contributed by atoms with Crippen molar-refractivity contribution in [1.29, 1.82) is 0 Å². The van der Waals surface area contributed by atoms with Crippen molar-refractivity contribution in [3.05, 3.63) is 54.2 Å². The van der Waals surface area contributed by atoms with Gasteiger partial charge in [0, 0.05) is 55.5 Å². The molecule has 3 aromatic heterocycles. The van der Waals surface area contributed by atoms with E-state index in [-0.39, 0.29) is 12.1 Å². The molecule has 3 rings (SSSR count). The molecule has 0 aliphatic rings. The molecule has 0 amide bonds. The number of nitrogens with one attached hydrogen (secondary N) is 1. The summed E-state index contributed by atoms with van der Waals surface area (Å²) in [6, 6.07) is 4.55. The second-order valence-electron chi connectivity index (χ2n) is 6.32. The fourth-order valence-electron chi connectivity index (χ4n) is 2.75. The lowest BCUT2D eigenvalue weighted by Gasteiger charge is -2.21. The van der Waals surface area contributed by atoms with Crippen LogP contribution in [0.4, 0.5) is 0 Å². The quantitative estimate of drug-likeness (QED) is 0.757. The molecular weight excluding hydrogens is 300 g/mol. The Hall–Kier alpha value is -2.47.